The van der Waals surface area contributed by atoms with Crippen molar-refractivity contribution in [3.05, 3.63) is 52.1 Å². The minimum atomic E-state index is -0.950. The van der Waals surface area contributed by atoms with E-state index in [4.69, 9.17) is 21.0 Å². The molecule has 3 rings (SSSR count). The van der Waals surface area contributed by atoms with Gasteiger partial charge >= 0.3 is 0 Å². The molecule has 20 nitrogen and oxygen atoms in total. The maximum atomic E-state index is 13.2. The average Bonchev–Trinajstić information content (AvgIpc) is 3.11. The van der Waals surface area contributed by atoms with Gasteiger partial charge in [0.05, 0.1) is 54.2 Å². The number of nitrogen functional groups attached to an aromatic ring is 1. The summed E-state index contributed by atoms with van der Waals surface area (Å²) in [6.07, 6.45) is 2.13. The average molecular weight is 729 g/mol. The molecule has 0 saturated carbocycles. The van der Waals surface area contributed by atoms with Crippen LogP contribution in [0.15, 0.2) is 45.6 Å². The second-order valence-electron chi connectivity index (χ2n) is 12.8. The second-order valence-corrected chi connectivity index (χ2v) is 12.8. The molecule has 284 valence electrons. The van der Waals surface area contributed by atoms with E-state index in [0.717, 1.165) is 0 Å². The number of fused-ring (bicyclic) bond motifs is 1. The number of H-pyrrole nitrogens is 1. The van der Waals surface area contributed by atoms with Crippen LogP contribution >= 0.6 is 0 Å². The highest BCUT2D eigenvalue weighted by Crippen LogP contribution is 2.13. The molecule has 1 unspecified atom stereocenters. The first-order valence-electron chi connectivity index (χ1n) is 16.5. The maximum Gasteiger partial charge on any atom is 0.280 e. The third-order valence-corrected chi connectivity index (χ3v) is 8.11. The van der Waals surface area contributed by atoms with Crippen LogP contribution in [0.25, 0.3) is 11.2 Å². The van der Waals surface area contributed by atoms with Gasteiger partial charge in [0.1, 0.15) is 6.04 Å². The molecule has 20 heteroatoms. The molecule has 2 amide bonds. The summed E-state index contributed by atoms with van der Waals surface area (Å²) in [5.41, 5.74) is 8.88. The van der Waals surface area contributed by atoms with Gasteiger partial charge in [-0.15, -0.1) is 0 Å². The molecule has 0 fully saturated rings. The quantitative estimate of drug-likeness (QED) is 0.0242. The van der Waals surface area contributed by atoms with Gasteiger partial charge in [0.15, 0.2) is 11.2 Å². The maximum absolute atomic E-state index is 13.2. The Kier molecular flexibility index (Phi) is 15.3. The van der Waals surface area contributed by atoms with Crippen LogP contribution < -0.4 is 38.0 Å². The first kappa shape index (κ1) is 41.1. The van der Waals surface area contributed by atoms with Crippen LogP contribution in [-0.2, 0) is 21.1 Å². The molecule has 2 heterocycles. The Hall–Kier alpha value is -5.28. The topological polar surface area (TPSA) is 296 Å². The lowest BCUT2D eigenvalue weighted by Gasteiger charge is -2.28. The fraction of sp³-hybridized carbons (Fsp3) is 0.500. The fourth-order valence-electron chi connectivity index (χ4n) is 4.71. The van der Waals surface area contributed by atoms with E-state index in [9.17, 15) is 19.6 Å². The zero-order chi connectivity index (χ0) is 38.3. The molecule has 0 bridgehead atoms. The standard InChI is InChI=1S/C32H48N12O8/c1-19(42-48)31(2,3)44-51-16-14-37-32(4,5)24(43-49)12-13-34-28(46)23(7-6-15-52-50)39-27(45)20-8-10-21(11-9-20)35-17-22-18-36-26-25(38-22)29(47)41-30(33)40-26/h8-11,18,23,35,37,44,48-50H,6-7,12-17H2,1-5H3,(H,34,46)(H,39,45)(H3,33,36,40,41,47)/b42-19-,43-24-. The number of rotatable bonds is 21. The fourth-order valence-corrected chi connectivity index (χ4v) is 4.71. The van der Waals surface area contributed by atoms with E-state index in [1.807, 2.05) is 13.8 Å². The summed E-state index contributed by atoms with van der Waals surface area (Å²) in [6.45, 7) is 9.82. The van der Waals surface area contributed by atoms with Gasteiger partial charge in [-0.1, -0.05) is 10.3 Å². The smallest absolute Gasteiger partial charge is 0.280 e. The number of aromatic amines is 1. The molecule has 3 aromatic rings. The van der Waals surface area contributed by atoms with Crippen LogP contribution in [0.5, 0.6) is 0 Å². The highest BCUT2D eigenvalue weighted by atomic mass is 17.1. The number of carbonyl (C=O) groups is 2. The SMILES string of the molecule is C/C(=N/O)C(C)(C)NOCCNC(C)(C)/C(CCNC(=O)C(CCCOO)NC(=O)c1ccc(NCc2cnc3nc(N)[nH]c(=O)c3n2)cc1)=N\O. The molecule has 11 N–H and O–H groups in total. The van der Waals surface area contributed by atoms with E-state index in [1.165, 1.54) is 6.20 Å². The van der Waals surface area contributed by atoms with Crippen LogP contribution in [0.2, 0.25) is 0 Å². The Morgan fingerprint density at radius 3 is 2.44 bits per heavy atom. The summed E-state index contributed by atoms with van der Waals surface area (Å²) in [6, 6.07) is 5.56. The largest absolute Gasteiger partial charge is 0.411 e. The van der Waals surface area contributed by atoms with Crippen LogP contribution in [0.4, 0.5) is 11.6 Å². The highest BCUT2D eigenvalue weighted by Gasteiger charge is 2.27. The van der Waals surface area contributed by atoms with Crippen molar-refractivity contribution in [2.45, 2.75) is 77.5 Å². The summed E-state index contributed by atoms with van der Waals surface area (Å²) in [4.78, 5) is 62.8. The molecular weight excluding hydrogens is 680 g/mol. The molecule has 0 aliphatic carbocycles. The Bertz CT molecular complexity index is 1760. The predicted molar refractivity (Wildman–Crippen MR) is 192 cm³/mol. The Morgan fingerprint density at radius 2 is 1.77 bits per heavy atom. The van der Waals surface area contributed by atoms with E-state index in [1.54, 1.807) is 45.0 Å². The Balaban J connectivity index is 1.51. The zero-order valence-corrected chi connectivity index (χ0v) is 29.8. The van der Waals surface area contributed by atoms with Crippen molar-refractivity contribution in [3.63, 3.8) is 0 Å². The summed E-state index contributed by atoms with van der Waals surface area (Å²) < 4.78 is 0. The molecule has 0 saturated heterocycles. The van der Waals surface area contributed by atoms with Gasteiger partial charge in [0.25, 0.3) is 11.5 Å². The number of carbonyl (C=O) groups excluding carboxylic acids is 2. The second kappa shape index (κ2) is 19.4. The third-order valence-electron chi connectivity index (χ3n) is 8.11. The molecule has 0 spiro atoms. The molecule has 0 aliphatic heterocycles. The lowest BCUT2D eigenvalue weighted by Crippen LogP contribution is -2.51. The summed E-state index contributed by atoms with van der Waals surface area (Å²) in [5.74, 6) is -1.02. The Labute approximate surface area is 299 Å². The van der Waals surface area contributed by atoms with Gasteiger partial charge in [-0.05, 0) is 71.7 Å². The van der Waals surface area contributed by atoms with Crippen LogP contribution in [0.1, 0.15) is 69.9 Å². The van der Waals surface area contributed by atoms with E-state index in [2.05, 4.69) is 61.9 Å². The van der Waals surface area contributed by atoms with E-state index in [-0.39, 0.29) is 62.7 Å². The number of hydroxylamine groups is 1. The van der Waals surface area contributed by atoms with Gasteiger partial charge in [0.2, 0.25) is 11.9 Å². The van der Waals surface area contributed by atoms with Gasteiger partial charge in [-0.2, -0.15) is 10.5 Å². The molecule has 1 aromatic carbocycles. The van der Waals surface area contributed by atoms with Crippen molar-refractivity contribution in [3.8, 4) is 0 Å². The molecule has 0 radical (unpaired) electrons. The summed E-state index contributed by atoms with van der Waals surface area (Å²) in [5, 5.41) is 46.0. The molecule has 52 heavy (non-hydrogen) atoms. The van der Waals surface area contributed by atoms with Crippen molar-refractivity contribution in [2.24, 2.45) is 10.3 Å². The number of benzene rings is 1. The molecule has 1 atom stereocenters. The van der Waals surface area contributed by atoms with Gasteiger partial charge in [-0.25, -0.2) is 14.9 Å². The van der Waals surface area contributed by atoms with Gasteiger partial charge in [0, 0.05) is 30.8 Å². The van der Waals surface area contributed by atoms with Crippen molar-refractivity contribution in [1.82, 2.24) is 41.4 Å². The Morgan fingerprint density at radius 1 is 1.04 bits per heavy atom. The third kappa shape index (κ3) is 12.2. The highest BCUT2D eigenvalue weighted by molar-refractivity contribution is 5.98. The van der Waals surface area contributed by atoms with Crippen molar-refractivity contribution >= 4 is 46.0 Å². The summed E-state index contributed by atoms with van der Waals surface area (Å²) in [7, 11) is 0. The first-order chi connectivity index (χ1) is 24.7. The van der Waals surface area contributed by atoms with Crippen LogP contribution in [0, 0.1) is 0 Å². The molecular formula is C32H48N12O8. The molecule has 2 aromatic heterocycles. The number of hydrogen-bond donors (Lipinski definition) is 10. The number of nitrogens with one attached hydrogen (secondary N) is 6. The first-order valence-corrected chi connectivity index (χ1v) is 16.5. The van der Waals surface area contributed by atoms with Crippen molar-refractivity contribution in [1.29, 1.82) is 0 Å². The van der Waals surface area contributed by atoms with Crippen molar-refractivity contribution < 1.29 is 35.0 Å². The lowest BCUT2D eigenvalue weighted by molar-refractivity contribution is -0.242. The minimum absolute atomic E-state index is 0.0346. The van der Waals surface area contributed by atoms with Gasteiger partial charge < -0.3 is 37.4 Å². The normalized spacial score (nSPS) is 13.2. The molecule has 0 aliphatic rings. The monoisotopic (exact) mass is 728 g/mol. The van der Waals surface area contributed by atoms with Crippen LogP contribution in [0.3, 0.4) is 0 Å². The number of amides is 2. The number of nitrogens with zero attached hydrogens (tertiary/aromatic N) is 5. The number of hydrogen-bond acceptors (Lipinski definition) is 17. The predicted octanol–water partition coefficient (Wildman–Crippen LogP) is 1.13. The van der Waals surface area contributed by atoms with E-state index in [0.29, 0.717) is 34.9 Å². The minimum Gasteiger partial charge on any atom is -0.411 e. The number of nitrogens with two attached hydrogens (primary N) is 1. The van der Waals surface area contributed by atoms with E-state index >= 15 is 0 Å². The number of oxime groups is 2. The van der Waals surface area contributed by atoms with Crippen molar-refractivity contribution in [2.75, 3.05) is 37.4 Å². The summed E-state index contributed by atoms with van der Waals surface area (Å²) >= 11 is 0. The van der Waals surface area contributed by atoms with E-state index < -0.39 is 34.5 Å². The zero-order valence-electron chi connectivity index (χ0n) is 29.8. The number of aromatic nitrogens is 4. The van der Waals surface area contributed by atoms with Gasteiger partial charge in [-0.3, -0.25) is 29.5 Å². The lowest BCUT2D eigenvalue weighted by atomic mass is 9.95. The number of anilines is 2. The van der Waals surface area contributed by atoms with Crippen LogP contribution in [-0.4, -0.2) is 102 Å².